The highest BCUT2D eigenvalue weighted by molar-refractivity contribution is 9.10. The molecule has 1 N–H and O–H groups in total. The van der Waals surface area contributed by atoms with Crippen molar-refractivity contribution in [2.24, 2.45) is 0 Å². The van der Waals surface area contributed by atoms with Crippen molar-refractivity contribution < 1.29 is 4.42 Å². The largest absolute Gasteiger partial charge is 0.459 e. The molecule has 0 saturated heterocycles. The normalized spacial score (nSPS) is 11.1. The van der Waals surface area contributed by atoms with E-state index >= 15 is 0 Å². The van der Waals surface area contributed by atoms with Gasteiger partial charge in [0.25, 0.3) is 0 Å². The zero-order chi connectivity index (χ0) is 11.4. The van der Waals surface area contributed by atoms with Crippen LogP contribution in [0.15, 0.2) is 33.2 Å². The molecule has 1 aromatic heterocycles. The molecule has 0 aliphatic heterocycles. The first-order chi connectivity index (χ1) is 7.81. The molecular weight excluding hydrogens is 266 g/mol. The Balaban J connectivity index is 2.05. The molecule has 0 amide bonds. The average Bonchev–Trinajstić information content (AvgIpc) is 2.69. The monoisotopic (exact) mass is 281 g/mol. The lowest BCUT2D eigenvalue weighted by Gasteiger charge is -1.99. The average molecular weight is 282 g/mol. The Bertz CT molecular complexity index is 464. The maximum Gasteiger partial charge on any atom is 0.148 e. The third-order valence-electron chi connectivity index (χ3n) is 2.55. The first kappa shape index (κ1) is 11.7. The maximum atomic E-state index is 5.77. The first-order valence-electron chi connectivity index (χ1n) is 5.69. The van der Waals surface area contributed by atoms with Crippen molar-refractivity contribution >= 4 is 26.9 Å². The summed E-state index contributed by atoms with van der Waals surface area (Å²) >= 11 is 3.49. The van der Waals surface area contributed by atoms with Crippen molar-refractivity contribution in [3.8, 4) is 0 Å². The summed E-state index contributed by atoms with van der Waals surface area (Å²) in [5.41, 5.74) is 0.940. The molecule has 86 valence electrons. The van der Waals surface area contributed by atoms with Crippen LogP contribution in [0.5, 0.6) is 0 Å². The van der Waals surface area contributed by atoms with Crippen LogP contribution in [0.1, 0.15) is 25.5 Å². The van der Waals surface area contributed by atoms with Crippen LogP contribution in [0.4, 0.5) is 0 Å². The lowest BCUT2D eigenvalue weighted by molar-refractivity contribution is 0.508. The third-order valence-corrected chi connectivity index (χ3v) is 3.18. The van der Waals surface area contributed by atoms with Gasteiger partial charge in [0, 0.05) is 5.39 Å². The number of hydrogen-bond donors (Lipinski definition) is 1. The number of furan rings is 1. The van der Waals surface area contributed by atoms with Gasteiger partial charge in [-0.25, -0.2) is 0 Å². The Morgan fingerprint density at radius 3 is 3.00 bits per heavy atom. The molecule has 0 aliphatic rings. The van der Waals surface area contributed by atoms with E-state index in [9.17, 15) is 0 Å². The fraction of sp³-hybridized carbons (Fsp3) is 0.385. The molecule has 0 fully saturated rings. The predicted octanol–water partition coefficient (Wildman–Crippen LogP) is 4.09. The second-order valence-corrected chi connectivity index (χ2v) is 4.76. The summed E-state index contributed by atoms with van der Waals surface area (Å²) in [6.45, 7) is 4.05. The number of unbranched alkanes of at least 4 members (excludes halogenated alkanes) is 1. The molecule has 0 saturated carbocycles. The fourth-order valence-electron chi connectivity index (χ4n) is 1.68. The zero-order valence-corrected chi connectivity index (χ0v) is 11.0. The van der Waals surface area contributed by atoms with E-state index in [2.05, 4.69) is 40.3 Å². The number of rotatable bonds is 5. The van der Waals surface area contributed by atoms with Gasteiger partial charge in [-0.1, -0.05) is 25.5 Å². The highest BCUT2D eigenvalue weighted by Gasteiger charge is 2.05. The van der Waals surface area contributed by atoms with Crippen molar-refractivity contribution in [1.29, 1.82) is 0 Å². The number of halogens is 1. The summed E-state index contributed by atoms with van der Waals surface area (Å²) in [6, 6.07) is 8.19. The Hall–Kier alpha value is -0.800. The predicted molar refractivity (Wildman–Crippen MR) is 70.5 cm³/mol. The molecule has 3 heteroatoms. The molecule has 0 spiro atoms. The van der Waals surface area contributed by atoms with E-state index < -0.39 is 0 Å². The molecule has 2 nitrogen and oxygen atoms in total. The minimum atomic E-state index is 0.807. The second kappa shape index (κ2) is 5.51. The molecule has 0 aliphatic carbocycles. The third kappa shape index (κ3) is 2.66. The summed E-state index contributed by atoms with van der Waals surface area (Å²) in [7, 11) is 0. The summed E-state index contributed by atoms with van der Waals surface area (Å²) < 4.78 is 6.79. The molecule has 0 unspecified atom stereocenters. The topological polar surface area (TPSA) is 25.2 Å². The Kier molecular flexibility index (Phi) is 4.02. The van der Waals surface area contributed by atoms with Gasteiger partial charge in [0.1, 0.15) is 11.3 Å². The number of para-hydroxylation sites is 1. The van der Waals surface area contributed by atoms with Crippen LogP contribution in [0.25, 0.3) is 11.0 Å². The van der Waals surface area contributed by atoms with Crippen LogP contribution in [0.3, 0.4) is 0 Å². The van der Waals surface area contributed by atoms with E-state index in [0.717, 1.165) is 34.3 Å². The fourth-order valence-corrected chi connectivity index (χ4v) is 2.14. The van der Waals surface area contributed by atoms with Crippen LogP contribution in [-0.2, 0) is 6.54 Å². The second-order valence-electron chi connectivity index (χ2n) is 3.90. The minimum Gasteiger partial charge on any atom is -0.459 e. The summed E-state index contributed by atoms with van der Waals surface area (Å²) in [6.07, 6.45) is 2.43. The first-order valence-corrected chi connectivity index (χ1v) is 6.48. The summed E-state index contributed by atoms with van der Waals surface area (Å²) in [5, 5.41) is 4.53. The number of nitrogens with one attached hydrogen (secondary N) is 1. The van der Waals surface area contributed by atoms with Gasteiger partial charge in [-0.15, -0.1) is 0 Å². The zero-order valence-electron chi connectivity index (χ0n) is 9.42. The van der Waals surface area contributed by atoms with E-state index in [-0.39, 0.29) is 0 Å². The van der Waals surface area contributed by atoms with E-state index in [1.54, 1.807) is 0 Å². The Morgan fingerprint density at radius 2 is 2.25 bits per heavy atom. The van der Waals surface area contributed by atoms with Crippen LogP contribution in [-0.4, -0.2) is 6.54 Å². The van der Waals surface area contributed by atoms with Crippen LogP contribution >= 0.6 is 15.9 Å². The standard InChI is InChI=1S/C13H16BrNO/c1-2-3-7-15-9-11-8-10-5-4-6-12(14)13(10)16-11/h4-6,8,15H,2-3,7,9H2,1H3. The molecule has 16 heavy (non-hydrogen) atoms. The molecule has 0 radical (unpaired) electrons. The van der Waals surface area contributed by atoms with Gasteiger partial charge in [-0.3, -0.25) is 0 Å². The van der Waals surface area contributed by atoms with Gasteiger partial charge in [0.15, 0.2) is 0 Å². The van der Waals surface area contributed by atoms with Gasteiger partial charge in [-0.05, 0) is 41.0 Å². The van der Waals surface area contributed by atoms with E-state index in [4.69, 9.17) is 4.42 Å². The molecule has 1 aromatic carbocycles. The number of hydrogen-bond acceptors (Lipinski definition) is 2. The Morgan fingerprint density at radius 1 is 1.38 bits per heavy atom. The molecule has 2 aromatic rings. The molecule has 1 heterocycles. The lowest BCUT2D eigenvalue weighted by Crippen LogP contribution is -2.13. The van der Waals surface area contributed by atoms with Gasteiger partial charge in [0.05, 0.1) is 11.0 Å². The minimum absolute atomic E-state index is 0.807. The number of fused-ring (bicyclic) bond motifs is 1. The molecule has 2 rings (SSSR count). The smallest absolute Gasteiger partial charge is 0.148 e. The van der Waals surface area contributed by atoms with Gasteiger partial charge in [-0.2, -0.15) is 0 Å². The van der Waals surface area contributed by atoms with Crippen molar-refractivity contribution in [1.82, 2.24) is 5.32 Å². The van der Waals surface area contributed by atoms with E-state index in [1.165, 1.54) is 12.8 Å². The van der Waals surface area contributed by atoms with Crippen molar-refractivity contribution in [2.75, 3.05) is 6.54 Å². The van der Waals surface area contributed by atoms with Crippen LogP contribution < -0.4 is 5.32 Å². The van der Waals surface area contributed by atoms with Crippen LogP contribution in [0.2, 0.25) is 0 Å². The van der Waals surface area contributed by atoms with E-state index in [0.29, 0.717) is 0 Å². The lowest BCUT2D eigenvalue weighted by atomic mass is 10.2. The number of benzene rings is 1. The highest BCUT2D eigenvalue weighted by Crippen LogP contribution is 2.26. The SMILES string of the molecule is CCCCNCc1cc2cccc(Br)c2o1. The molecule has 0 atom stereocenters. The van der Waals surface area contributed by atoms with Crippen LogP contribution in [0, 0.1) is 0 Å². The maximum absolute atomic E-state index is 5.77. The molecule has 0 bridgehead atoms. The molecular formula is C13H16BrNO. The highest BCUT2D eigenvalue weighted by atomic mass is 79.9. The quantitative estimate of drug-likeness (QED) is 0.836. The van der Waals surface area contributed by atoms with Crippen molar-refractivity contribution in [3.05, 3.63) is 34.5 Å². The van der Waals surface area contributed by atoms with Gasteiger partial charge < -0.3 is 9.73 Å². The van der Waals surface area contributed by atoms with Crippen molar-refractivity contribution in [2.45, 2.75) is 26.3 Å². The summed E-state index contributed by atoms with van der Waals surface area (Å²) in [5.74, 6) is 0.998. The van der Waals surface area contributed by atoms with E-state index in [1.807, 2.05) is 12.1 Å². The summed E-state index contributed by atoms with van der Waals surface area (Å²) in [4.78, 5) is 0. The van der Waals surface area contributed by atoms with Crippen molar-refractivity contribution in [3.63, 3.8) is 0 Å². The Labute approximate surface area is 104 Å². The van der Waals surface area contributed by atoms with Gasteiger partial charge in [0.2, 0.25) is 0 Å². The van der Waals surface area contributed by atoms with Gasteiger partial charge >= 0.3 is 0 Å².